The van der Waals surface area contributed by atoms with Crippen molar-refractivity contribution in [1.29, 1.82) is 0 Å². The Morgan fingerprint density at radius 2 is 1.82 bits per heavy atom. The molecule has 0 atom stereocenters. The summed E-state index contributed by atoms with van der Waals surface area (Å²) < 4.78 is 52.2. The van der Waals surface area contributed by atoms with Crippen LogP contribution in [0.3, 0.4) is 0 Å². The fourth-order valence-corrected chi connectivity index (χ4v) is 4.64. The molecule has 3 rings (SSSR count). The standard InChI is InChI=1S/C23H21ClFN3O5S/c1-32-16-11-12-21(22(13-16)33-2)28(34(30,31)17-7-4-3-5-8-17)15-23(29)27-26-14-18-19(24)9-6-10-20(18)25/h3-14H,15H2,1-2H3,(H,27,29)/b26-14+. The van der Waals surface area contributed by atoms with Crippen molar-refractivity contribution in [3.63, 3.8) is 0 Å². The highest BCUT2D eigenvalue weighted by molar-refractivity contribution is 7.92. The third-order valence-corrected chi connectivity index (χ3v) is 6.76. The number of ether oxygens (including phenoxy) is 2. The number of rotatable bonds is 9. The number of hydrazone groups is 1. The van der Waals surface area contributed by atoms with Crippen LogP contribution in [-0.4, -0.2) is 41.3 Å². The van der Waals surface area contributed by atoms with Gasteiger partial charge in [-0.25, -0.2) is 18.2 Å². The summed E-state index contributed by atoms with van der Waals surface area (Å²) in [6.45, 7) is -0.637. The van der Waals surface area contributed by atoms with E-state index < -0.39 is 28.3 Å². The zero-order valence-corrected chi connectivity index (χ0v) is 19.8. The average Bonchev–Trinajstić information content (AvgIpc) is 2.84. The number of benzene rings is 3. The number of hydrogen-bond acceptors (Lipinski definition) is 6. The SMILES string of the molecule is COc1ccc(N(CC(=O)N/N=C/c2c(F)cccc2Cl)S(=O)(=O)c2ccccc2)c(OC)c1. The highest BCUT2D eigenvalue weighted by atomic mass is 35.5. The summed E-state index contributed by atoms with van der Waals surface area (Å²) in [5, 5.41) is 3.82. The van der Waals surface area contributed by atoms with E-state index in [0.29, 0.717) is 5.75 Å². The summed E-state index contributed by atoms with van der Waals surface area (Å²) >= 11 is 5.94. The molecule has 0 aliphatic heterocycles. The fourth-order valence-electron chi connectivity index (χ4n) is 2.98. The van der Waals surface area contributed by atoms with Crippen molar-refractivity contribution in [2.45, 2.75) is 4.90 Å². The van der Waals surface area contributed by atoms with Crippen LogP contribution in [0.1, 0.15) is 5.56 Å². The topological polar surface area (TPSA) is 97.3 Å². The van der Waals surface area contributed by atoms with Crippen LogP contribution in [0.4, 0.5) is 10.1 Å². The molecular weight excluding hydrogens is 485 g/mol. The minimum Gasteiger partial charge on any atom is -0.497 e. The summed E-state index contributed by atoms with van der Waals surface area (Å²) in [6.07, 6.45) is 1.04. The van der Waals surface area contributed by atoms with Crippen LogP contribution < -0.4 is 19.2 Å². The smallest absolute Gasteiger partial charge is 0.264 e. The van der Waals surface area contributed by atoms with E-state index in [0.717, 1.165) is 10.5 Å². The molecule has 0 aliphatic rings. The van der Waals surface area contributed by atoms with Gasteiger partial charge in [0.15, 0.2) is 0 Å². The fraction of sp³-hybridized carbons (Fsp3) is 0.130. The lowest BCUT2D eigenvalue weighted by molar-refractivity contribution is -0.119. The Morgan fingerprint density at radius 3 is 2.47 bits per heavy atom. The monoisotopic (exact) mass is 505 g/mol. The molecule has 0 fully saturated rings. The summed E-state index contributed by atoms with van der Waals surface area (Å²) in [7, 11) is -1.35. The zero-order chi connectivity index (χ0) is 24.7. The number of methoxy groups -OCH3 is 2. The highest BCUT2D eigenvalue weighted by Gasteiger charge is 2.29. The molecule has 8 nitrogen and oxygen atoms in total. The molecule has 0 saturated carbocycles. The number of hydrogen-bond donors (Lipinski definition) is 1. The number of anilines is 1. The summed E-state index contributed by atoms with van der Waals surface area (Å²) in [5.74, 6) is -0.787. The van der Waals surface area contributed by atoms with Crippen LogP contribution in [0.2, 0.25) is 5.02 Å². The Hall–Kier alpha value is -3.63. The van der Waals surface area contributed by atoms with Gasteiger partial charge in [0.1, 0.15) is 23.9 Å². The lowest BCUT2D eigenvalue weighted by atomic mass is 10.2. The predicted octanol–water partition coefficient (Wildman–Crippen LogP) is 3.84. The van der Waals surface area contributed by atoms with Gasteiger partial charge in [0, 0.05) is 11.6 Å². The summed E-state index contributed by atoms with van der Waals surface area (Å²) in [4.78, 5) is 12.6. The van der Waals surface area contributed by atoms with Gasteiger partial charge < -0.3 is 9.47 Å². The maximum Gasteiger partial charge on any atom is 0.264 e. The quantitative estimate of drug-likeness (QED) is 0.352. The first-order chi connectivity index (χ1) is 16.3. The van der Waals surface area contributed by atoms with Crippen molar-refractivity contribution in [1.82, 2.24) is 5.43 Å². The van der Waals surface area contributed by atoms with Crippen LogP contribution in [0.15, 0.2) is 76.7 Å². The normalized spacial score (nSPS) is 11.3. The first kappa shape index (κ1) is 25.0. The average molecular weight is 506 g/mol. The van der Waals surface area contributed by atoms with E-state index in [2.05, 4.69) is 10.5 Å². The molecule has 0 aromatic heterocycles. The highest BCUT2D eigenvalue weighted by Crippen LogP contribution is 2.35. The number of carbonyl (C=O) groups excluding carboxylic acids is 1. The molecule has 0 aliphatic carbocycles. The van der Waals surface area contributed by atoms with Crippen molar-refractivity contribution in [2.24, 2.45) is 5.10 Å². The van der Waals surface area contributed by atoms with E-state index in [4.69, 9.17) is 21.1 Å². The molecule has 0 spiro atoms. The van der Waals surface area contributed by atoms with Crippen molar-refractivity contribution in [3.05, 3.63) is 83.1 Å². The number of sulfonamides is 1. The van der Waals surface area contributed by atoms with Gasteiger partial charge in [-0.1, -0.05) is 35.9 Å². The van der Waals surface area contributed by atoms with Gasteiger partial charge in [-0.05, 0) is 36.4 Å². The van der Waals surface area contributed by atoms with E-state index >= 15 is 0 Å². The second kappa shape index (κ2) is 11.0. The third-order valence-electron chi connectivity index (χ3n) is 4.66. The minimum absolute atomic E-state index is 0.0185. The maximum atomic E-state index is 13.9. The molecule has 0 heterocycles. The molecule has 0 saturated heterocycles. The van der Waals surface area contributed by atoms with Crippen LogP contribution >= 0.6 is 11.6 Å². The minimum atomic E-state index is -4.17. The Balaban J connectivity index is 1.93. The molecule has 0 unspecified atom stereocenters. The zero-order valence-electron chi connectivity index (χ0n) is 18.2. The molecule has 0 radical (unpaired) electrons. The maximum absolute atomic E-state index is 13.9. The van der Waals surface area contributed by atoms with Gasteiger partial charge in [-0.3, -0.25) is 9.10 Å². The van der Waals surface area contributed by atoms with E-state index in [9.17, 15) is 17.6 Å². The Labute approximate surface area is 201 Å². The number of halogens is 2. The van der Waals surface area contributed by atoms with E-state index in [1.807, 2.05) is 0 Å². The first-order valence-electron chi connectivity index (χ1n) is 9.83. The molecule has 11 heteroatoms. The van der Waals surface area contributed by atoms with Crippen LogP contribution in [0.5, 0.6) is 11.5 Å². The molecule has 1 amide bonds. The van der Waals surface area contributed by atoms with Crippen LogP contribution in [0.25, 0.3) is 0 Å². The van der Waals surface area contributed by atoms with E-state index in [1.165, 1.54) is 56.7 Å². The molecular formula is C23H21ClFN3O5S. The molecule has 3 aromatic rings. The Bertz CT molecular complexity index is 1280. The Kier molecular flexibility index (Phi) is 8.08. The van der Waals surface area contributed by atoms with Crippen molar-refractivity contribution < 1.29 is 27.1 Å². The Morgan fingerprint density at radius 1 is 1.09 bits per heavy atom. The molecule has 0 bridgehead atoms. The van der Waals surface area contributed by atoms with Gasteiger partial charge >= 0.3 is 0 Å². The predicted molar refractivity (Wildman–Crippen MR) is 128 cm³/mol. The van der Waals surface area contributed by atoms with Gasteiger partial charge in [0.2, 0.25) is 0 Å². The second-order valence-corrected chi connectivity index (χ2v) is 9.06. The first-order valence-corrected chi connectivity index (χ1v) is 11.7. The van der Waals surface area contributed by atoms with E-state index in [-0.39, 0.29) is 26.9 Å². The van der Waals surface area contributed by atoms with Crippen molar-refractivity contribution in [2.75, 3.05) is 25.1 Å². The molecule has 34 heavy (non-hydrogen) atoms. The van der Waals surface area contributed by atoms with Crippen molar-refractivity contribution >= 4 is 39.4 Å². The number of amides is 1. The molecule has 178 valence electrons. The lowest BCUT2D eigenvalue weighted by Crippen LogP contribution is -2.39. The van der Waals surface area contributed by atoms with E-state index in [1.54, 1.807) is 24.3 Å². The molecule has 3 aromatic carbocycles. The van der Waals surface area contributed by atoms with Gasteiger partial charge in [0.05, 0.1) is 36.0 Å². The lowest BCUT2D eigenvalue weighted by Gasteiger charge is -2.25. The second-order valence-electron chi connectivity index (χ2n) is 6.79. The molecule has 1 N–H and O–H groups in total. The summed E-state index contributed by atoms with van der Waals surface area (Å²) in [6, 6.07) is 16.2. The number of carbonyl (C=O) groups is 1. The van der Waals surface area contributed by atoms with Crippen LogP contribution in [0, 0.1) is 5.82 Å². The third kappa shape index (κ3) is 5.64. The number of nitrogens with one attached hydrogen (secondary N) is 1. The largest absolute Gasteiger partial charge is 0.497 e. The van der Waals surface area contributed by atoms with Gasteiger partial charge in [-0.2, -0.15) is 5.10 Å². The van der Waals surface area contributed by atoms with Crippen molar-refractivity contribution in [3.8, 4) is 11.5 Å². The van der Waals surface area contributed by atoms with Gasteiger partial charge in [0.25, 0.3) is 15.9 Å². The van der Waals surface area contributed by atoms with Gasteiger partial charge in [-0.15, -0.1) is 0 Å². The van der Waals surface area contributed by atoms with Crippen LogP contribution in [-0.2, 0) is 14.8 Å². The summed E-state index contributed by atoms with van der Waals surface area (Å²) in [5.41, 5.74) is 2.30. The number of nitrogens with zero attached hydrogens (tertiary/aromatic N) is 2.